The molecule has 1 aromatic heterocycles. The Morgan fingerprint density at radius 1 is 1.41 bits per heavy atom. The number of aromatic nitrogens is 1. The minimum Gasteiger partial charge on any atom is -0.458 e. The van der Waals surface area contributed by atoms with E-state index in [9.17, 15) is 9.59 Å². The van der Waals surface area contributed by atoms with Crippen molar-refractivity contribution in [3.8, 4) is 0 Å². The minimum atomic E-state index is -0.408. The van der Waals surface area contributed by atoms with E-state index >= 15 is 0 Å². The van der Waals surface area contributed by atoms with Crippen LogP contribution in [-0.4, -0.2) is 16.6 Å². The largest absolute Gasteiger partial charge is 0.458 e. The Morgan fingerprint density at radius 3 is 2.73 bits per heavy atom. The van der Waals surface area contributed by atoms with E-state index in [4.69, 9.17) is 4.74 Å². The van der Waals surface area contributed by atoms with Crippen LogP contribution >= 0.6 is 15.9 Å². The van der Waals surface area contributed by atoms with Gasteiger partial charge in [-0.3, -0.25) is 4.79 Å². The summed E-state index contributed by atoms with van der Waals surface area (Å²) >= 11 is 3.34. The van der Waals surface area contributed by atoms with Crippen LogP contribution in [0.5, 0.6) is 0 Å². The van der Waals surface area contributed by atoms with Gasteiger partial charge in [0.15, 0.2) is 0 Å². The molecule has 0 saturated heterocycles. The van der Waals surface area contributed by atoms with Crippen LogP contribution < -0.4 is 5.56 Å². The molecule has 1 aliphatic rings. The molecule has 4 nitrogen and oxygen atoms in total. The summed E-state index contributed by atoms with van der Waals surface area (Å²) in [5.74, 6) is 1.04. The van der Waals surface area contributed by atoms with Crippen LogP contribution in [0.25, 0.3) is 0 Å². The summed E-state index contributed by atoms with van der Waals surface area (Å²) in [4.78, 5) is 24.2. The molecule has 0 radical (unpaired) electrons. The summed E-state index contributed by atoms with van der Waals surface area (Å²) in [6.07, 6.45) is 4.72. The number of halogens is 1. The quantitative estimate of drug-likeness (QED) is 0.761. The second-order valence-electron chi connectivity index (χ2n) is 6.75. The van der Waals surface area contributed by atoms with E-state index in [1.165, 1.54) is 17.1 Å². The maximum absolute atomic E-state index is 12.5. The van der Waals surface area contributed by atoms with Crippen LogP contribution in [0.15, 0.2) is 21.5 Å². The van der Waals surface area contributed by atoms with Crippen molar-refractivity contribution in [1.29, 1.82) is 0 Å². The number of ether oxygens (including phenoxy) is 1. The number of carbonyl (C=O) groups is 1. The van der Waals surface area contributed by atoms with Crippen LogP contribution in [-0.2, 0) is 11.8 Å². The number of nitrogens with zero attached hydrogens (tertiary/aromatic N) is 1. The molecule has 1 aromatic rings. The molecule has 0 amide bonds. The van der Waals surface area contributed by atoms with Crippen molar-refractivity contribution in [3.63, 3.8) is 0 Å². The number of pyridine rings is 1. The lowest BCUT2D eigenvalue weighted by Gasteiger charge is -2.36. The second kappa shape index (κ2) is 6.99. The number of esters is 1. The first-order valence-electron chi connectivity index (χ1n) is 7.86. The Morgan fingerprint density at radius 2 is 2.09 bits per heavy atom. The summed E-state index contributed by atoms with van der Waals surface area (Å²) in [6.45, 7) is 6.55. The van der Waals surface area contributed by atoms with Crippen LogP contribution in [0.3, 0.4) is 0 Å². The Balaban J connectivity index is 2.19. The Bertz CT molecular complexity index is 608. The van der Waals surface area contributed by atoms with Gasteiger partial charge in [0.25, 0.3) is 5.56 Å². The molecule has 1 fully saturated rings. The zero-order valence-electron chi connectivity index (χ0n) is 13.6. The van der Waals surface area contributed by atoms with Gasteiger partial charge in [-0.1, -0.05) is 27.2 Å². The number of aryl methyl sites for hydroxylation is 1. The average molecular weight is 370 g/mol. The highest BCUT2D eigenvalue weighted by atomic mass is 79.9. The number of carbonyl (C=O) groups excluding carboxylic acids is 1. The summed E-state index contributed by atoms with van der Waals surface area (Å²) in [7, 11) is 1.65. The lowest BCUT2D eigenvalue weighted by Crippen LogP contribution is -2.36. The number of rotatable bonds is 3. The van der Waals surface area contributed by atoms with Gasteiger partial charge in [0.2, 0.25) is 0 Å². The molecule has 3 atom stereocenters. The number of hydrogen-bond acceptors (Lipinski definition) is 3. The van der Waals surface area contributed by atoms with Crippen LogP contribution in [0.2, 0.25) is 0 Å². The maximum Gasteiger partial charge on any atom is 0.339 e. The van der Waals surface area contributed by atoms with Gasteiger partial charge in [0.05, 0.1) is 5.56 Å². The summed E-state index contributed by atoms with van der Waals surface area (Å²) in [5.41, 5.74) is 0.0939. The van der Waals surface area contributed by atoms with E-state index in [1.54, 1.807) is 13.2 Å². The molecule has 2 rings (SSSR count). The van der Waals surface area contributed by atoms with E-state index < -0.39 is 5.97 Å². The topological polar surface area (TPSA) is 48.3 Å². The third kappa shape index (κ3) is 3.80. The Labute approximate surface area is 140 Å². The van der Waals surface area contributed by atoms with Gasteiger partial charge in [0.1, 0.15) is 6.10 Å². The third-order valence-electron chi connectivity index (χ3n) is 4.62. The van der Waals surface area contributed by atoms with E-state index in [2.05, 4.69) is 36.7 Å². The van der Waals surface area contributed by atoms with E-state index in [0.29, 0.717) is 27.8 Å². The molecule has 0 aromatic carbocycles. The van der Waals surface area contributed by atoms with Crippen LogP contribution in [0, 0.1) is 17.8 Å². The highest BCUT2D eigenvalue weighted by molar-refractivity contribution is 9.10. The molecule has 0 unspecified atom stereocenters. The van der Waals surface area contributed by atoms with Crippen molar-refractivity contribution in [3.05, 3.63) is 32.7 Å². The SMILES string of the molecule is CC(C)[C@H]1CC[C@@H](C)C[C@@H]1OC(=O)c1cc(=O)n(C)cc1Br. The molecular weight excluding hydrogens is 346 g/mol. The molecule has 0 N–H and O–H groups in total. The van der Waals surface area contributed by atoms with Gasteiger partial charge < -0.3 is 9.30 Å². The van der Waals surface area contributed by atoms with Crippen molar-refractivity contribution >= 4 is 21.9 Å². The average Bonchev–Trinajstić information content (AvgIpc) is 2.42. The van der Waals surface area contributed by atoms with E-state index in [1.807, 2.05) is 0 Å². The number of hydrogen-bond donors (Lipinski definition) is 0. The highest BCUT2D eigenvalue weighted by Crippen LogP contribution is 2.35. The molecule has 0 aliphatic heterocycles. The van der Waals surface area contributed by atoms with Gasteiger partial charge in [-0.15, -0.1) is 0 Å². The standard InChI is InChI=1S/C17H24BrNO3/c1-10(2)12-6-5-11(3)7-15(12)22-17(21)13-8-16(20)19(4)9-14(13)18/h8-12,15H,5-7H2,1-4H3/t11-,12-,15+/m1/s1. The molecule has 22 heavy (non-hydrogen) atoms. The predicted octanol–water partition coefficient (Wildman–Crippen LogP) is 3.77. The summed E-state index contributed by atoms with van der Waals surface area (Å²) in [6, 6.07) is 1.34. The van der Waals surface area contributed by atoms with Gasteiger partial charge in [0, 0.05) is 23.8 Å². The second-order valence-corrected chi connectivity index (χ2v) is 7.61. The smallest absolute Gasteiger partial charge is 0.339 e. The molecule has 1 heterocycles. The van der Waals surface area contributed by atoms with E-state index in [0.717, 1.165) is 12.8 Å². The predicted molar refractivity (Wildman–Crippen MR) is 89.9 cm³/mol. The molecule has 0 spiro atoms. The summed E-state index contributed by atoms with van der Waals surface area (Å²) < 4.78 is 7.80. The van der Waals surface area contributed by atoms with Crippen LogP contribution in [0.4, 0.5) is 0 Å². The Hall–Kier alpha value is -1.10. The van der Waals surface area contributed by atoms with Crippen molar-refractivity contribution in [2.24, 2.45) is 24.8 Å². The molecule has 122 valence electrons. The first kappa shape index (κ1) is 17.3. The zero-order valence-corrected chi connectivity index (χ0v) is 15.2. The van der Waals surface area contributed by atoms with Crippen molar-refractivity contribution in [2.45, 2.75) is 46.1 Å². The first-order chi connectivity index (χ1) is 10.3. The molecular formula is C17H24BrNO3. The van der Waals surface area contributed by atoms with Gasteiger partial charge in [-0.25, -0.2) is 4.79 Å². The fourth-order valence-electron chi connectivity index (χ4n) is 3.21. The van der Waals surface area contributed by atoms with Gasteiger partial charge >= 0.3 is 5.97 Å². The highest BCUT2D eigenvalue weighted by Gasteiger charge is 2.34. The molecule has 1 saturated carbocycles. The fraction of sp³-hybridized carbons (Fsp3) is 0.647. The first-order valence-corrected chi connectivity index (χ1v) is 8.66. The maximum atomic E-state index is 12.5. The molecule has 1 aliphatic carbocycles. The van der Waals surface area contributed by atoms with Crippen molar-refractivity contribution in [2.75, 3.05) is 0 Å². The zero-order chi connectivity index (χ0) is 16.4. The van der Waals surface area contributed by atoms with Crippen molar-refractivity contribution in [1.82, 2.24) is 4.57 Å². The van der Waals surface area contributed by atoms with Crippen LogP contribution in [0.1, 0.15) is 50.4 Å². The third-order valence-corrected chi connectivity index (χ3v) is 5.25. The monoisotopic (exact) mass is 369 g/mol. The minimum absolute atomic E-state index is 0.0628. The molecule has 5 heteroatoms. The van der Waals surface area contributed by atoms with E-state index in [-0.39, 0.29) is 11.7 Å². The lowest BCUT2D eigenvalue weighted by molar-refractivity contribution is -0.0175. The Kier molecular flexibility index (Phi) is 5.48. The lowest BCUT2D eigenvalue weighted by atomic mass is 9.75. The van der Waals surface area contributed by atoms with Gasteiger partial charge in [-0.2, -0.15) is 0 Å². The normalized spacial score (nSPS) is 25.3. The molecule has 0 bridgehead atoms. The van der Waals surface area contributed by atoms with Gasteiger partial charge in [-0.05, 0) is 46.5 Å². The summed E-state index contributed by atoms with van der Waals surface area (Å²) in [5, 5.41) is 0. The van der Waals surface area contributed by atoms with Crippen molar-refractivity contribution < 1.29 is 9.53 Å². The fourth-order valence-corrected chi connectivity index (χ4v) is 3.79.